The van der Waals surface area contributed by atoms with Gasteiger partial charge in [-0.3, -0.25) is 9.59 Å². The third-order valence-corrected chi connectivity index (χ3v) is 14.2. The van der Waals surface area contributed by atoms with Crippen molar-refractivity contribution in [1.29, 1.82) is 0 Å². The number of para-hydroxylation sites is 4. The van der Waals surface area contributed by atoms with Crippen LogP contribution in [0.4, 0.5) is 34.6 Å². The Morgan fingerprint density at radius 2 is 0.989 bits per heavy atom. The molecule has 0 saturated carbocycles. The van der Waals surface area contributed by atoms with Crippen LogP contribution in [0.2, 0.25) is 5.28 Å². The number of carbonyl (C=O) groups excluding carboxylic acids is 2. The minimum atomic E-state index is -0.931. The van der Waals surface area contributed by atoms with Crippen molar-refractivity contribution >= 4 is 125 Å². The van der Waals surface area contributed by atoms with Gasteiger partial charge in [-0.2, -0.15) is 15.0 Å². The summed E-state index contributed by atoms with van der Waals surface area (Å²) >= 11 is 14.8. The predicted molar refractivity (Wildman–Crippen MR) is 360 cm³/mol. The van der Waals surface area contributed by atoms with E-state index >= 15 is 0 Å². The van der Waals surface area contributed by atoms with Crippen LogP contribution < -0.4 is 70.0 Å². The number of anilines is 6. The topological polar surface area (TPSA) is 286 Å². The molecule has 0 unspecified atom stereocenters. The molecule has 0 fully saturated rings. The quantitative estimate of drug-likeness (QED) is 0.0341. The van der Waals surface area contributed by atoms with Crippen molar-refractivity contribution in [1.82, 2.24) is 40.1 Å². The third kappa shape index (κ3) is 21.8. The molecule has 23 nitrogen and oxygen atoms in total. The Kier molecular flexibility index (Phi) is 28.6. The first kappa shape index (κ1) is 71.4. The van der Waals surface area contributed by atoms with E-state index in [1.54, 1.807) is 92.2 Å². The van der Waals surface area contributed by atoms with E-state index in [1.807, 2.05) is 54.6 Å². The first-order valence-corrected chi connectivity index (χ1v) is 38.4. The molecule has 92 heavy (non-hydrogen) atoms. The number of ketones is 1. The van der Waals surface area contributed by atoms with Gasteiger partial charge in [0.25, 0.3) is 5.91 Å². The number of Topliss-reactive ketones (excluding diaryl/α,β-unsaturated/α-hetero) is 1. The van der Waals surface area contributed by atoms with E-state index in [0.717, 1.165) is 28.4 Å². The second-order valence-electron chi connectivity index (χ2n) is 18.6. The van der Waals surface area contributed by atoms with Crippen LogP contribution in [0.15, 0.2) is 159 Å². The maximum absolute atomic E-state index is 12.0. The number of nitrogen functional groups attached to an aromatic ring is 2. The van der Waals surface area contributed by atoms with E-state index < -0.39 is 15.1 Å². The maximum atomic E-state index is 12.0. The van der Waals surface area contributed by atoms with Crippen molar-refractivity contribution < 1.29 is 67.4 Å². The first-order chi connectivity index (χ1) is 44.5. The summed E-state index contributed by atoms with van der Waals surface area (Å²) in [6.45, 7) is 12.4. The van der Waals surface area contributed by atoms with E-state index in [-0.39, 0.29) is 36.4 Å². The Morgan fingerprint density at radius 3 is 1.49 bits per heavy atom. The van der Waals surface area contributed by atoms with Crippen molar-refractivity contribution in [3.8, 4) is 69.4 Å². The average Bonchev–Trinajstić information content (AvgIpc) is 1.97. The third-order valence-electron chi connectivity index (χ3n) is 12.4. The fourth-order valence-electron chi connectivity index (χ4n) is 7.94. The number of rotatable bonds is 16. The van der Waals surface area contributed by atoms with Crippen LogP contribution in [-0.2, 0) is 26.4 Å². The number of nitrogens with two attached hydrogens (primary N) is 2. The number of hydrogen-bond donors (Lipinski definition) is 5. The molecule has 1 amide bonds. The molecule has 7 N–H and O–H groups in total. The zero-order valence-electron chi connectivity index (χ0n) is 50.1. The summed E-state index contributed by atoms with van der Waals surface area (Å²) in [5.41, 5.74) is 15.3. The molecular weight excluding hydrogens is 1500 g/mol. The monoisotopic (exact) mass is 1550 g/mol. The summed E-state index contributed by atoms with van der Waals surface area (Å²) in [7, 11) is 11.5. The number of ether oxygens (including phenoxy) is 9. The second kappa shape index (κ2) is 36.9. The molecule has 30 heteroatoms. The van der Waals surface area contributed by atoms with Gasteiger partial charge in [0.1, 0.15) is 17.3 Å². The molecule has 478 valence electrons. The van der Waals surface area contributed by atoms with E-state index in [2.05, 4.69) is 119 Å². The van der Waals surface area contributed by atoms with Gasteiger partial charge in [-0.25, -0.2) is 15.0 Å². The van der Waals surface area contributed by atoms with Gasteiger partial charge >= 0.3 is 34.5 Å². The summed E-state index contributed by atoms with van der Waals surface area (Å²) in [6.07, 6.45) is 5.00. The standard InChI is InChI=1S/C19H15BrN4O4.C17H13BrN4O3.C13H10BrClN2O2.C7H7NO2.C6H15N.2ClH.Zn/c1-21-17(25)12-4-2-3-5-14(12)28-18-13(20)9-22-19(24-18)23-11-6-7-15-16(8-11)27-10-26-15;18-11-8-20-17(21-10-5-6-14-15(7-10)24-9-23-14)22-16(11)25-13-4-2-1-3-12(13)19;1-8(18)6-9-4-2-3-5-11(9)19-12-10(14)7-16-13(15)17-12;8-5-1-2-6-7(3-5)10-4-9-6;1-4-7(5-2)6-3;;;/h2-9H,10H2,1H3,(H,21,25)(H,22,23,24);1-8H,9,19H2,(H,20,21,22);2-5,7H,6H2,1H3;1-3H,4,8H2;4-6H2,1-3H3;2*1H;/q;;;;;;;+2/p-2. The molecule has 0 radical (unpaired) electrons. The molecule has 0 bridgehead atoms. The Bertz CT molecular complexity index is 3930. The number of nitrogens with zero attached hydrogens (tertiary/aromatic N) is 7. The SMILES string of the molecule is CC(=O)Cc1ccccc1Oc1nc(Cl)ncc1Br.CCN(CC)CC.CNC(=O)c1ccccc1Oc1nc(Nc2ccc3c(c2)OCO3)ncc1Br.Nc1ccc2c(c1)OCO2.Nc1ccccc1Oc1nc(Nc2ccc3c(c2)OCO3)ncc1Br.[Cl][Zn][Cl]. The minimum absolute atomic E-state index is 0.0656. The van der Waals surface area contributed by atoms with Crippen molar-refractivity contribution in [2.24, 2.45) is 0 Å². The zero-order chi connectivity index (χ0) is 65.9. The number of nitrogens with one attached hydrogen (secondary N) is 3. The second-order valence-corrected chi connectivity index (χ2v) is 26.1. The van der Waals surface area contributed by atoms with Crippen LogP contribution in [0.3, 0.4) is 0 Å². The van der Waals surface area contributed by atoms with Gasteiger partial charge in [0.2, 0.25) is 55.2 Å². The molecule has 3 aliphatic heterocycles. The molecule has 0 atom stereocenters. The van der Waals surface area contributed by atoms with Gasteiger partial charge in [0.05, 0.1) is 37.1 Å². The number of carbonyl (C=O) groups is 2. The summed E-state index contributed by atoms with van der Waals surface area (Å²) in [6, 6.07) is 37.7. The number of aromatic nitrogens is 6. The molecule has 0 spiro atoms. The Morgan fingerprint density at radius 1 is 0.565 bits per heavy atom. The van der Waals surface area contributed by atoms with Crippen molar-refractivity contribution in [3.63, 3.8) is 0 Å². The van der Waals surface area contributed by atoms with Crippen LogP contribution >= 0.6 is 78.8 Å². The van der Waals surface area contributed by atoms with E-state index in [0.29, 0.717) is 107 Å². The molecule has 6 aromatic carbocycles. The Hall–Kier alpha value is -8.01. The van der Waals surface area contributed by atoms with Crippen LogP contribution in [0.1, 0.15) is 43.6 Å². The zero-order valence-corrected chi connectivity index (χ0v) is 60.0. The number of amides is 1. The molecule has 9 aromatic rings. The molecule has 3 aromatic heterocycles. The van der Waals surface area contributed by atoms with Crippen LogP contribution in [0.5, 0.6) is 69.4 Å². The number of fused-ring (bicyclic) bond motifs is 3. The number of halogens is 6. The molecule has 12 rings (SSSR count). The number of benzene rings is 6. The van der Waals surface area contributed by atoms with Gasteiger partial charge in [-0.15, -0.1) is 0 Å². The van der Waals surface area contributed by atoms with Gasteiger partial charge in [-0.05, 0) is 153 Å². The van der Waals surface area contributed by atoms with E-state index in [4.69, 9.17) is 85.1 Å². The van der Waals surface area contributed by atoms with Crippen molar-refractivity contribution in [2.45, 2.75) is 34.1 Å². The fourth-order valence-corrected chi connectivity index (χ4v) is 8.88. The summed E-state index contributed by atoms with van der Waals surface area (Å²) in [4.78, 5) is 50.7. The molecule has 6 heterocycles. The molecular formula is C62H60Br3Cl3N12O11Zn. The summed E-state index contributed by atoms with van der Waals surface area (Å²) in [5.74, 6) is 7.20. The number of hydrogen-bond acceptors (Lipinski definition) is 22. The van der Waals surface area contributed by atoms with Gasteiger partial charge in [0.15, 0.2) is 40.2 Å². The van der Waals surface area contributed by atoms with Gasteiger partial charge in [0, 0.05) is 60.5 Å². The van der Waals surface area contributed by atoms with Gasteiger partial charge < -0.3 is 74.9 Å². The van der Waals surface area contributed by atoms with Gasteiger partial charge in [-0.1, -0.05) is 63.2 Å². The van der Waals surface area contributed by atoms with Crippen molar-refractivity contribution in [3.05, 3.63) is 176 Å². The average molecular weight is 1560 g/mol. The first-order valence-electron chi connectivity index (χ1n) is 27.8. The van der Waals surface area contributed by atoms with E-state index in [1.165, 1.54) is 32.8 Å². The molecule has 3 aliphatic rings. The van der Waals surface area contributed by atoms with Crippen molar-refractivity contribution in [2.75, 3.05) is 69.2 Å². The normalized spacial score (nSPS) is 11.3. The van der Waals surface area contributed by atoms with Crippen LogP contribution in [-0.4, -0.2) is 93.6 Å². The fraction of sp³-hybridized carbons (Fsp3) is 0.194. The van der Waals surface area contributed by atoms with Crippen LogP contribution in [0, 0.1) is 0 Å². The molecule has 0 aliphatic carbocycles. The van der Waals surface area contributed by atoms with E-state index in [9.17, 15) is 9.59 Å². The van der Waals surface area contributed by atoms with Crippen LogP contribution in [0.25, 0.3) is 0 Å². The molecule has 0 saturated heterocycles. The summed E-state index contributed by atoms with van der Waals surface area (Å²) < 4.78 is 50.6. The predicted octanol–water partition coefficient (Wildman–Crippen LogP) is 15.5. The summed E-state index contributed by atoms with van der Waals surface area (Å²) in [5, 5.41) is 8.90. The Balaban J connectivity index is 0.000000172. The Labute approximate surface area is 576 Å².